The Kier molecular flexibility index (Phi) is 5.22. The molecule has 1 heterocycles. The Hall–Kier alpha value is -2.48. The summed E-state index contributed by atoms with van der Waals surface area (Å²) in [6.45, 7) is 2.53. The molecule has 0 atom stereocenters. The van der Waals surface area contributed by atoms with Gasteiger partial charge in [-0.25, -0.2) is 0 Å². The summed E-state index contributed by atoms with van der Waals surface area (Å²) in [5.41, 5.74) is 0.367. The average Bonchev–Trinajstić information content (AvgIpc) is 2.62. The lowest BCUT2D eigenvalue weighted by Crippen LogP contribution is -2.50. The number of alkyl halides is 3. The van der Waals surface area contributed by atoms with Crippen LogP contribution in [0.1, 0.15) is 5.56 Å². The van der Waals surface area contributed by atoms with Gasteiger partial charge >= 0.3 is 6.18 Å². The molecule has 2 N–H and O–H groups in total. The molecule has 0 unspecified atom stereocenters. The maximum Gasteiger partial charge on any atom is 0.416 e. The molecule has 3 rings (SSSR count). The fourth-order valence-corrected chi connectivity index (χ4v) is 3.16. The van der Waals surface area contributed by atoms with Crippen molar-refractivity contribution in [2.75, 3.05) is 36.4 Å². The predicted molar refractivity (Wildman–Crippen MR) is 99.6 cm³/mol. The summed E-state index contributed by atoms with van der Waals surface area (Å²) in [7, 11) is 0. The summed E-state index contributed by atoms with van der Waals surface area (Å²) in [6, 6.07) is 12.1. The highest BCUT2D eigenvalue weighted by molar-refractivity contribution is 7.80. The van der Waals surface area contributed by atoms with E-state index >= 15 is 0 Å². The Labute approximate surface area is 154 Å². The van der Waals surface area contributed by atoms with E-state index in [0.29, 0.717) is 37.0 Å². The molecule has 1 fully saturated rings. The van der Waals surface area contributed by atoms with Gasteiger partial charge in [0.05, 0.1) is 11.3 Å². The first-order chi connectivity index (χ1) is 12.3. The number of para-hydroxylation sites is 2. The van der Waals surface area contributed by atoms with Gasteiger partial charge in [0, 0.05) is 31.9 Å². The van der Waals surface area contributed by atoms with E-state index in [1.807, 2.05) is 17.0 Å². The maximum atomic E-state index is 12.8. The summed E-state index contributed by atoms with van der Waals surface area (Å²) in [4.78, 5) is 3.96. The van der Waals surface area contributed by atoms with Gasteiger partial charge in [-0.05, 0) is 42.5 Å². The molecule has 2 aromatic carbocycles. The van der Waals surface area contributed by atoms with Crippen molar-refractivity contribution in [3.8, 4) is 5.75 Å². The number of anilines is 2. The highest BCUT2D eigenvalue weighted by atomic mass is 32.1. The zero-order valence-electron chi connectivity index (χ0n) is 13.8. The van der Waals surface area contributed by atoms with Crippen LogP contribution in [0, 0.1) is 0 Å². The molecule has 26 heavy (non-hydrogen) atoms. The van der Waals surface area contributed by atoms with Crippen LogP contribution in [-0.4, -0.2) is 41.3 Å². The van der Waals surface area contributed by atoms with Gasteiger partial charge in [0.15, 0.2) is 5.11 Å². The van der Waals surface area contributed by atoms with E-state index in [1.165, 1.54) is 6.07 Å². The lowest BCUT2D eigenvalue weighted by Gasteiger charge is -2.37. The number of benzene rings is 2. The van der Waals surface area contributed by atoms with E-state index in [0.717, 1.165) is 17.8 Å². The highest BCUT2D eigenvalue weighted by Gasteiger charge is 2.30. The van der Waals surface area contributed by atoms with Crippen LogP contribution in [-0.2, 0) is 6.18 Å². The molecule has 0 bridgehead atoms. The minimum absolute atomic E-state index is 0.227. The summed E-state index contributed by atoms with van der Waals surface area (Å²) >= 11 is 5.34. The van der Waals surface area contributed by atoms with Crippen molar-refractivity contribution >= 4 is 28.7 Å². The number of aromatic hydroxyl groups is 1. The minimum atomic E-state index is -4.39. The van der Waals surface area contributed by atoms with Crippen molar-refractivity contribution in [1.82, 2.24) is 4.90 Å². The second-order valence-corrected chi connectivity index (χ2v) is 6.36. The SMILES string of the molecule is Oc1ccccc1N1CCN(C(=S)Nc2cccc(C(F)(F)F)c2)CC1. The Morgan fingerprint density at radius 1 is 1.00 bits per heavy atom. The fraction of sp³-hybridized carbons (Fsp3) is 0.278. The Balaban J connectivity index is 1.60. The predicted octanol–water partition coefficient (Wildman–Crippen LogP) is 3.93. The van der Waals surface area contributed by atoms with Gasteiger partial charge in [-0.2, -0.15) is 13.2 Å². The largest absolute Gasteiger partial charge is 0.506 e. The van der Waals surface area contributed by atoms with E-state index in [-0.39, 0.29) is 5.75 Å². The van der Waals surface area contributed by atoms with Crippen LogP contribution in [0.25, 0.3) is 0 Å². The second kappa shape index (κ2) is 7.41. The van der Waals surface area contributed by atoms with Crippen LogP contribution in [0.15, 0.2) is 48.5 Å². The number of thiocarbonyl (C=S) groups is 1. The van der Waals surface area contributed by atoms with E-state index in [9.17, 15) is 18.3 Å². The summed E-state index contributed by atoms with van der Waals surface area (Å²) in [6.07, 6.45) is -4.39. The second-order valence-electron chi connectivity index (χ2n) is 5.97. The van der Waals surface area contributed by atoms with E-state index in [1.54, 1.807) is 18.2 Å². The van der Waals surface area contributed by atoms with Crippen molar-refractivity contribution in [1.29, 1.82) is 0 Å². The number of nitrogens with zero attached hydrogens (tertiary/aromatic N) is 2. The lowest BCUT2D eigenvalue weighted by molar-refractivity contribution is -0.137. The van der Waals surface area contributed by atoms with Crippen molar-refractivity contribution in [3.63, 3.8) is 0 Å². The van der Waals surface area contributed by atoms with Crippen molar-refractivity contribution in [3.05, 3.63) is 54.1 Å². The number of halogens is 3. The Morgan fingerprint density at radius 3 is 2.35 bits per heavy atom. The third-order valence-electron chi connectivity index (χ3n) is 4.23. The van der Waals surface area contributed by atoms with Gasteiger partial charge in [0.1, 0.15) is 5.75 Å². The molecule has 8 heteroatoms. The molecule has 0 aromatic heterocycles. The summed E-state index contributed by atoms with van der Waals surface area (Å²) in [5.74, 6) is 0.227. The average molecular weight is 381 g/mol. The molecular formula is C18H18F3N3OS. The molecule has 0 saturated carbocycles. The molecule has 4 nitrogen and oxygen atoms in total. The normalized spacial score (nSPS) is 15.0. The van der Waals surface area contributed by atoms with Gasteiger partial charge in [-0.3, -0.25) is 0 Å². The van der Waals surface area contributed by atoms with Crippen LogP contribution >= 0.6 is 12.2 Å². The first-order valence-electron chi connectivity index (χ1n) is 8.11. The van der Waals surface area contributed by atoms with Crippen LogP contribution in [0.5, 0.6) is 5.75 Å². The third-order valence-corrected chi connectivity index (χ3v) is 4.59. The highest BCUT2D eigenvalue weighted by Crippen LogP contribution is 2.31. The van der Waals surface area contributed by atoms with Gasteiger partial charge < -0.3 is 20.2 Å². The molecule has 0 aliphatic carbocycles. The zero-order valence-corrected chi connectivity index (χ0v) is 14.6. The van der Waals surface area contributed by atoms with Crippen molar-refractivity contribution in [2.24, 2.45) is 0 Å². The number of hydrogen-bond acceptors (Lipinski definition) is 3. The van der Waals surface area contributed by atoms with E-state index in [2.05, 4.69) is 10.2 Å². The zero-order chi connectivity index (χ0) is 18.7. The fourth-order valence-electron chi connectivity index (χ4n) is 2.86. The number of phenolic OH excluding ortho intramolecular Hbond substituents is 1. The quantitative estimate of drug-likeness (QED) is 0.772. The van der Waals surface area contributed by atoms with Crippen LogP contribution in [0.2, 0.25) is 0 Å². The minimum Gasteiger partial charge on any atom is -0.506 e. The van der Waals surface area contributed by atoms with Gasteiger partial charge in [-0.15, -0.1) is 0 Å². The maximum absolute atomic E-state index is 12.8. The summed E-state index contributed by atoms with van der Waals surface area (Å²) in [5, 5.41) is 13.2. The summed E-state index contributed by atoms with van der Waals surface area (Å²) < 4.78 is 38.4. The number of nitrogens with one attached hydrogen (secondary N) is 1. The molecule has 1 aliphatic rings. The molecule has 138 valence electrons. The van der Waals surface area contributed by atoms with Crippen LogP contribution in [0.4, 0.5) is 24.5 Å². The first-order valence-corrected chi connectivity index (χ1v) is 8.51. The van der Waals surface area contributed by atoms with E-state index < -0.39 is 11.7 Å². The number of phenols is 1. The molecule has 0 radical (unpaired) electrons. The third kappa shape index (κ3) is 4.19. The Morgan fingerprint density at radius 2 is 1.69 bits per heavy atom. The number of piperazine rings is 1. The van der Waals surface area contributed by atoms with Gasteiger partial charge in [0.25, 0.3) is 0 Å². The standard InChI is InChI=1S/C18H18F3N3OS/c19-18(20,21)13-4-3-5-14(12-13)22-17(26)24-10-8-23(9-11-24)15-6-1-2-7-16(15)25/h1-7,12,25H,8-11H2,(H,22,26). The van der Waals surface area contributed by atoms with Crippen LogP contribution in [0.3, 0.4) is 0 Å². The van der Waals surface area contributed by atoms with E-state index in [4.69, 9.17) is 12.2 Å². The monoisotopic (exact) mass is 381 g/mol. The van der Waals surface area contributed by atoms with Crippen molar-refractivity contribution in [2.45, 2.75) is 6.18 Å². The van der Waals surface area contributed by atoms with Gasteiger partial charge in [-0.1, -0.05) is 18.2 Å². The number of hydrogen-bond donors (Lipinski definition) is 2. The first kappa shape index (κ1) is 18.3. The Bertz CT molecular complexity index is 789. The van der Waals surface area contributed by atoms with Crippen molar-refractivity contribution < 1.29 is 18.3 Å². The topological polar surface area (TPSA) is 38.7 Å². The molecular weight excluding hydrogens is 363 g/mol. The van der Waals surface area contributed by atoms with Crippen LogP contribution < -0.4 is 10.2 Å². The molecule has 1 aliphatic heterocycles. The molecule has 0 spiro atoms. The smallest absolute Gasteiger partial charge is 0.416 e. The lowest BCUT2D eigenvalue weighted by atomic mass is 10.2. The van der Waals surface area contributed by atoms with Gasteiger partial charge in [0.2, 0.25) is 0 Å². The molecule has 0 amide bonds. The molecule has 1 saturated heterocycles. The molecule has 2 aromatic rings. The number of rotatable bonds is 2.